The van der Waals surface area contributed by atoms with Gasteiger partial charge in [0.05, 0.1) is 8.49 Å². The summed E-state index contributed by atoms with van der Waals surface area (Å²) in [5.41, 5.74) is 1.18. The van der Waals surface area contributed by atoms with Crippen LogP contribution in [-0.2, 0) is 0 Å². The number of benzene rings is 1. The lowest BCUT2D eigenvalue weighted by Gasteiger charge is -2.20. The molecule has 0 aliphatic carbocycles. The lowest BCUT2D eigenvalue weighted by atomic mass is 10.2. The SMILES string of the molecule is CN(C)CCCN(C)c1ccc([N+](=O)[O-])c(I)c1. The minimum Gasteiger partial charge on any atom is -0.375 e. The van der Waals surface area contributed by atoms with Crippen molar-refractivity contribution in [3.8, 4) is 0 Å². The van der Waals surface area contributed by atoms with Crippen LogP contribution >= 0.6 is 22.6 Å². The van der Waals surface area contributed by atoms with Gasteiger partial charge in [0.2, 0.25) is 0 Å². The van der Waals surface area contributed by atoms with Crippen LogP contribution in [0.2, 0.25) is 0 Å². The van der Waals surface area contributed by atoms with Crippen LogP contribution in [0.25, 0.3) is 0 Å². The molecule has 0 aliphatic heterocycles. The number of nitrogens with zero attached hydrogens (tertiary/aromatic N) is 3. The predicted molar refractivity (Wildman–Crippen MR) is 82.3 cm³/mol. The summed E-state index contributed by atoms with van der Waals surface area (Å²) in [6.07, 6.45) is 1.07. The third kappa shape index (κ3) is 4.41. The molecule has 18 heavy (non-hydrogen) atoms. The van der Waals surface area contributed by atoms with E-state index in [1.807, 2.05) is 35.7 Å². The van der Waals surface area contributed by atoms with Crippen molar-refractivity contribution in [1.82, 2.24) is 4.90 Å². The predicted octanol–water partition coefficient (Wildman–Crippen LogP) is 2.59. The average Bonchev–Trinajstić information content (AvgIpc) is 2.27. The number of anilines is 1. The van der Waals surface area contributed by atoms with Gasteiger partial charge in [-0.2, -0.15) is 0 Å². The molecule has 0 atom stereocenters. The second-order valence-electron chi connectivity index (χ2n) is 4.47. The fourth-order valence-corrected chi connectivity index (χ4v) is 2.33. The topological polar surface area (TPSA) is 49.6 Å². The van der Waals surface area contributed by atoms with E-state index >= 15 is 0 Å². The molecule has 0 heterocycles. The molecule has 0 bridgehead atoms. The molecule has 1 aromatic rings. The van der Waals surface area contributed by atoms with Gasteiger partial charge in [0.25, 0.3) is 5.69 Å². The Morgan fingerprint density at radius 2 is 1.94 bits per heavy atom. The number of nitro benzene ring substituents is 1. The molecule has 1 aromatic carbocycles. The van der Waals surface area contributed by atoms with Gasteiger partial charge in [-0.15, -0.1) is 0 Å². The highest BCUT2D eigenvalue weighted by Gasteiger charge is 2.12. The number of hydrogen-bond acceptors (Lipinski definition) is 4. The zero-order chi connectivity index (χ0) is 13.7. The zero-order valence-electron chi connectivity index (χ0n) is 10.9. The van der Waals surface area contributed by atoms with Crippen molar-refractivity contribution >= 4 is 34.0 Å². The summed E-state index contributed by atoms with van der Waals surface area (Å²) in [5.74, 6) is 0. The lowest BCUT2D eigenvalue weighted by molar-refractivity contribution is -0.385. The summed E-state index contributed by atoms with van der Waals surface area (Å²) in [4.78, 5) is 14.6. The molecule has 100 valence electrons. The monoisotopic (exact) mass is 363 g/mol. The Kier molecular flexibility index (Phi) is 5.80. The van der Waals surface area contributed by atoms with Gasteiger partial charge in [0.15, 0.2) is 0 Å². The van der Waals surface area contributed by atoms with Crippen LogP contribution in [0, 0.1) is 13.7 Å². The maximum Gasteiger partial charge on any atom is 0.282 e. The smallest absolute Gasteiger partial charge is 0.282 e. The van der Waals surface area contributed by atoms with Crippen molar-refractivity contribution in [3.05, 3.63) is 31.9 Å². The number of halogens is 1. The minimum atomic E-state index is -0.350. The maximum absolute atomic E-state index is 10.7. The van der Waals surface area contributed by atoms with Crippen LogP contribution in [0.3, 0.4) is 0 Å². The van der Waals surface area contributed by atoms with Crippen LogP contribution < -0.4 is 4.90 Å². The summed E-state index contributed by atoms with van der Waals surface area (Å²) in [6, 6.07) is 5.23. The molecule has 6 heteroatoms. The van der Waals surface area contributed by atoms with Crippen molar-refractivity contribution < 1.29 is 4.92 Å². The Hall–Kier alpha value is -0.890. The standard InChI is InChI=1S/C12H18IN3O2/c1-14(2)7-4-8-15(3)10-5-6-12(16(17)18)11(13)9-10/h5-6,9H,4,7-8H2,1-3H3. The van der Waals surface area contributed by atoms with Gasteiger partial charge < -0.3 is 9.80 Å². The minimum absolute atomic E-state index is 0.168. The molecule has 0 unspecified atom stereocenters. The van der Waals surface area contributed by atoms with Gasteiger partial charge in [0, 0.05) is 25.3 Å². The number of rotatable bonds is 6. The fraction of sp³-hybridized carbons (Fsp3) is 0.500. The van der Waals surface area contributed by atoms with Gasteiger partial charge in [-0.1, -0.05) is 0 Å². The molecule has 0 saturated carbocycles. The Labute approximate surface area is 121 Å². The van der Waals surface area contributed by atoms with Crippen LogP contribution in [0.5, 0.6) is 0 Å². The van der Waals surface area contributed by atoms with Crippen LogP contribution in [0.1, 0.15) is 6.42 Å². The first kappa shape index (κ1) is 15.2. The van der Waals surface area contributed by atoms with Gasteiger partial charge >= 0.3 is 0 Å². The van der Waals surface area contributed by atoms with E-state index < -0.39 is 0 Å². The average molecular weight is 363 g/mol. The van der Waals surface area contributed by atoms with Crippen LogP contribution in [-0.4, -0.2) is 44.1 Å². The Bertz CT molecular complexity index is 424. The van der Waals surface area contributed by atoms with Crippen molar-refractivity contribution in [1.29, 1.82) is 0 Å². The third-order valence-corrected chi connectivity index (χ3v) is 3.53. The molecule has 1 rings (SSSR count). The third-order valence-electron chi connectivity index (χ3n) is 2.67. The highest BCUT2D eigenvalue weighted by molar-refractivity contribution is 14.1. The van der Waals surface area contributed by atoms with Crippen molar-refractivity contribution in [2.24, 2.45) is 0 Å². The molecular weight excluding hydrogens is 345 g/mol. The summed E-state index contributed by atoms with van der Waals surface area (Å²) in [6.45, 7) is 1.97. The van der Waals surface area contributed by atoms with E-state index in [4.69, 9.17) is 0 Å². The van der Waals surface area contributed by atoms with E-state index in [0.717, 1.165) is 25.2 Å². The molecule has 5 nitrogen and oxygen atoms in total. The maximum atomic E-state index is 10.7. The summed E-state index contributed by atoms with van der Waals surface area (Å²) >= 11 is 2.01. The van der Waals surface area contributed by atoms with Crippen molar-refractivity contribution in [2.45, 2.75) is 6.42 Å². The van der Waals surface area contributed by atoms with E-state index in [9.17, 15) is 10.1 Å². The van der Waals surface area contributed by atoms with Gasteiger partial charge in [-0.05, 0) is 61.8 Å². The lowest BCUT2D eigenvalue weighted by Crippen LogP contribution is -2.23. The summed E-state index contributed by atoms with van der Waals surface area (Å²) in [7, 11) is 6.11. The molecule has 0 saturated heterocycles. The molecular formula is C12H18IN3O2. The quantitative estimate of drug-likeness (QED) is 0.443. The van der Waals surface area contributed by atoms with Crippen molar-refractivity contribution in [2.75, 3.05) is 39.1 Å². The van der Waals surface area contributed by atoms with Gasteiger partial charge in [-0.3, -0.25) is 10.1 Å². The molecule has 0 N–H and O–H groups in total. The molecule has 0 aliphatic rings. The normalized spacial score (nSPS) is 10.7. The van der Waals surface area contributed by atoms with Gasteiger partial charge in [-0.25, -0.2) is 0 Å². The molecule has 0 aromatic heterocycles. The zero-order valence-corrected chi connectivity index (χ0v) is 13.0. The fourth-order valence-electron chi connectivity index (χ4n) is 1.63. The first-order valence-electron chi connectivity index (χ1n) is 5.71. The van der Waals surface area contributed by atoms with Crippen LogP contribution in [0.4, 0.5) is 11.4 Å². The van der Waals surface area contributed by atoms with E-state index in [0.29, 0.717) is 3.57 Å². The van der Waals surface area contributed by atoms with E-state index in [1.54, 1.807) is 12.1 Å². The summed E-state index contributed by atoms with van der Waals surface area (Å²) < 4.78 is 0.676. The molecule has 0 fully saturated rings. The largest absolute Gasteiger partial charge is 0.375 e. The molecule has 0 radical (unpaired) electrons. The molecule has 0 amide bonds. The number of nitro groups is 1. The van der Waals surface area contributed by atoms with E-state index in [-0.39, 0.29) is 10.6 Å². The van der Waals surface area contributed by atoms with E-state index in [1.165, 1.54) is 0 Å². The first-order chi connectivity index (χ1) is 8.41. The summed E-state index contributed by atoms with van der Waals surface area (Å²) in [5, 5.41) is 10.7. The Morgan fingerprint density at radius 1 is 1.28 bits per heavy atom. The Morgan fingerprint density at radius 3 is 2.44 bits per heavy atom. The van der Waals surface area contributed by atoms with Crippen LogP contribution in [0.15, 0.2) is 18.2 Å². The second kappa shape index (κ2) is 6.89. The first-order valence-corrected chi connectivity index (χ1v) is 6.79. The van der Waals surface area contributed by atoms with E-state index in [2.05, 4.69) is 23.9 Å². The second-order valence-corrected chi connectivity index (χ2v) is 5.63. The highest BCUT2D eigenvalue weighted by atomic mass is 127. The molecule has 0 spiro atoms. The highest BCUT2D eigenvalue weighted by Crippen LogP contribution is 2.25. The Balaban J connectivity index is 2.66. The number of hydrogen-bond donors (Lipinski definition) is 0. The van der Waals surface area contributed by atoms with Gasteiger partial charge in [0.1, 0.15) is 0 Å². The van der Waals surface area contributed by atoms with Crippen molar-refractivity contribution in [3.63, 3.8) is 0 Å².